The van der Waals surface area contributed by atoms with Crippen LogP contribution in [0.25, 0.3) is 0 Å². The number of hydrogen-bond donors (Lipinski definition) is 1. The summed E-state index contributed by atoms with van der Waals surface area (Å²) >= 11 is 0. The zero-order valence-corrected chi connectivity index (χ0v) is 14.9. The van der Waals surface area contributed by atoms with Gasteiger partial charge in [-0.15, -0.1) is 0 Å². The number of aliphatic hydroxyl groups is 1. The van der Waals surface area contributed by atoms with Crippen molar-refractivity contribution >= 4 is 0 Å². The van der Waals surface area contributed by atoms with Gasteiger partial charge in [0.2, 0.25) is 0 Å². The highest BCUT2D eigenvalue weighted by atomic mass is 16.3. The van der Waals surface area contributed by atoms with E-state index in [-0.39, 0.29) is 5.41 Å². The van der Waals surface area contributed by atoms with Crippen molar-refractivity contribution in [2.24, 2.45) is 0 Å². The predicted octanol–water partition coefficient (Wildman–Crippen LogP) is 2.25. The van der Waals surface area contributed by atoms with Crippen LogP contribution in [0.15, 0.2) is 10.7 Å². The summed E-state index contributed by atoms with van der Waals surface area (Å²) in [5.41, 5.74) is 0.331. The monoisotopic (exact) mass is 309 g/mol. The van der Waals surface area contributed by atoms with Crippen molar-refractivity contribution in [3.63, 3.8) is 0 Å². The fourth-order valence-corrected chi connectivity index (χ4v) is 2.93. The second-order valence-electron chi connectivity index (χ2n) is 8.26. The van der Waals surface area contributed by atoms with E-state index >= 15 is 0 Å². The molecule has 1 unspecified atom stereocenters. The Morgan fingerprint density at radius 2 is 1.95 bits per heavy atom. The van der Waals surface area contributed by atoms with Gasteiger partial charge in [0.25, 0.3) is 0 Å². The number of piperazine rings is 1. The third-order valence-corrected chi connectivity index (χ3v) is 4.02. The molecule has 0 aromatic carbocycles. The van der Waals surface area contributed by atoms with Crippen LogP contribution in [-0.4, -0.2) is 57.7 Å². The molecule has 0 amide bonds. The molecular weight excluding hydrogens is 278 g/mol. The first-order valence-electron chi connectivity index (χ1n) is 8.18. The van der Waals surface area contributed by atoms with E-state index in [0.29, 0.717) is 6.04 Å². The van der Waals surface area contributed by atoms with E-state index in [2.05, 4.69) is 42.5 Å². The molecule has 1 aromatic heterocycles. The molecule has 1 fully saturated rings. The van der Waals surface area contributed by atoms with Gasteiger partial charge in [-0.2, -0.15) is 0 Å². The van der Waals surface area contributed by atoms with Gasteiger partial charge in [0.1, 0.15) is 6.26 Å². The zero-order valence-electron chi connectivity index (χ0n) is 14.9. The third kappa shape index (κ3) is 4.80. The summed E-state index contributed by atoms with van der Waals surface area (Å²) in [6.07, 6.45) is 1.79. The number of rotatable bonds is 4. The number of hydrogen-bond acceptors (Lipinski definition) is 5. The summed E-state index contributed by atoms with van der Waals surface area (Å²) in [6, 6.07) is 0.450. The summed E-state index contributed by atoms with van der Waals surface area (Å²) in [4.78, 5) is 9.40. The second kappa shape index (κ2) is 6.30. The molecule has 1 saturated heterocycles. The van der Waals surface area contributed by atoms with Gasteiger partial charge in [0.15, 0.2) is 5.89 Å². The molecule has 0 saturated carbocycles. The Morgan fingerprint density at radius 3 is 2.45 bits per heavy atom. The van der Waals surface area contributed by atoms with Crippen molar-refractivity contribution in [3.8, 4) is 0 Å². The normalized spacial score (nSPS) is 22.2. The van der Waals surface area contributed by atoms with Gasteiger partial charge in [0, 0.05) is 44.2 Å². The lowest BCUT2D eigenvalue weighted by Crippen LogP contribution is -2.54. The Balaban J connectivity index is 1.91. The minimum atomic E-state index is -0.629. The first-order valence-corrected chi connectivity index (χ1v) is 8.18. The van der Waals surface area contributed by atoms with Gasteiger partial charge in [-0.3, -0.25) is 9.80 Å². The van der Waals surface area contributed by atoms with Crippen molar-refractivity contribution < 1.29 is 9.52 Å². The zero-order chi connectivity index (χ0) is 16.5. The van der Waals surface area contributed by atoms with Crippen LogP contribution in [0.4, 0.5) is 0 Å². The molecule has 5 heteroatoms. The SMILES string of the molecule is CC1CN(CC(C)(C)O)CCN1Cc1coc(C(C)(C)C)n1. The van der Waals surface area contributed by atoms with Crippen LogP contribution in [-0.2, 0) is 12.0 Å². The first-order chi connectivity index (χ1) is 10.0. The van der Waals surface area contributed by atoms with E-state index in [0.717, 1.165) is 44.3 Å². The lowest BCUT2D eigenvalue weighted by Gasteiger charge is -2.41. The van der Waals surface area contributed by atoms with Gasteiger partial charge in [-0.1, -0.05) is 20.8 Å². The minimum absolute atomic E-state index is 0.0464. The number of β-amino-alcohol motifs (C(OH)–C–C–N with tert-alkyl or cyclic N) is 1. The van der Waals surface area contributed by atoms with Crippen LogP contribution < -0.4 is 0 Å². The van der Waals surface area contributed by atoms with Crippen LogP contribution in [0.1, 0.15) is 53.1 Å². The van der Waals surface area contributed by atoms with Crippen LogP contribution >= 0.6 is 0 Å². The Kier molecular flexibility index (Phi) is 5.00. The minimum Gasteiger partial charge on any atom is -0.448 e. The highest BCUT2D eigenvalue weighted by molar-refractivity contribution is 5.04. The summed E-state index contributed by atoms with van der Waals surface area (Å²) < 4.78 is 5.61. The van der Waals surface area contributed by atoms with Crippen molar-refractivity contribution in [2.75, 3.05) is 26.2 Å². The predicted molar refractivity (Wildman–Crippen MR) is 87.8 cm³/mol. The molecule has 0 spiro atoms. The molecule has 0 bridgehead atoms. The number of nitrogens with zero attached hydrogens (tertiary/aromatic N) is 3. The first kappa shape index (κ1) is 17.4. The largest absolute Gasteiger partial charge is 0.448 e. The topological polar surface area (TPSA) is 52.7 Å². The summed E-state index contributed by atoms with van der Waals surface area (Å²) in [5, 5.41) is 9.96. The smallest absolute Gasteiger partial charge is 0.199 e. The quantitative estimate of drug-likeness (QED) is 0.924. The van der Waals surface area contributed by atoms with Crippen molar-refractivity contribution in [1.29, 1.82) is 0 Å². The molecule has 1 aromatic rings. The molecule has 126 valence electrons. The Morgan fingerprint density at radius 1 is 1.27 bits per heavy atom. The summed E-state index contributed by atoms with van der Waals surface area (Å²) in [5.74, 6) is 0.802. The van der Waals surface area contributed by atoms with E-state index in [4.69, 9.17) is 4.42 Å². The van der Waals surface area contributed by atoms with Crippen LogP contribution in [0.2, 0.25) is 0 Å². The van der Waals surface area contributed by atoms with Gasteiger partial charge < -0.3 is 9.52 Å². The molecule has 0 aliphatic carbocycles. The fraction of sp³-hybridized carbons (Fsp3) is 0.824. The highest BCUT2D eigenvalue weighted by Gasteiger charge is 2.28. The van der Waals surface area contributed by atoms with Crippen LogP contribution in [0.3, 0.4) is 0 Å². The molecule has 1 atom stereocenters. The van der Waals surface area contributed by atoms with E-state index in [1.54, 1.807) is 6.26 Å². The van der Waals surface area contributed by atoms with E-state index in [1.165, 1.54) is 0 Å². The van der Waals surface area contributed by atoms with Crippen molar-refractivity contribution in [2.45, 2.75) is 65.1 Å². The Bertz CT molecular complexity index is 485. The molecule has 0 radical (unpaired) electrons. The second-order valence-corrected chi connectivity index (χ2v) is 8.26. The molecular formula is C17H31N3O2. The average Bonchev–Trinajstić information content (AvgIpc) is 2.79. The van der Waals surface area contributed by atoms with Gasteiger partial charge in [-0.05, 0) is 20.8 Å². The summed E-state index contributed by atoms with van der Waals surface area (Å²) in [6.45, 7) is 16.8. The van der Waals surface area contributed by atoms with E-state index in [9.17, 15) is 5.11 Å². The molecule has 2 rings (SSSR count). The fourth-order valence-electron chi connectivity index (χ4n) is 2.93. The Labute approximate surface area is 134 Å². The lowest BCUT2D eigenvalue weighted by atomic mass is 9.97. The van der Waals surface area contributed by atoms with Crippen LogP contribution in [0, 0.1) is 0 Å². The summed E-state index contributed by atoms with van der Waals surface area (Å²) in [7, 11) is 0. The maximum atomic E-state index is 9.96. The lowest BCUT2D eigenvalue weighted by molar-refractivity contribution is 0.00171. The average molecular weight is 309 g/mol. The highest BCUT2D eigenvalue weighted by Crippen LogP contribution is 2.22. The maximum absolute atomic E-state index is 9.96. The van der Waals surface area contributed by atoms with Gasteiger partial charge in [0.05, 0.1) is 11.3 Å². The molecule has 1 aliphatic heterocycles. The molecule has 2 heterocycles. The molecule has 1 aliphatic rings. The Hall–Kier alpha value is -0.910. The standard InChI is InChI=1S/C17H31N3O2/c1-13-9-19(12-17(5,6)21)7-8-20(13)10-14-11-22-15(18-14)16(2,3)4/h11,13,21H,7-10,12H2,1-6H3. The van der Waals surface area contributed by atoms with Gasteiger partial charge >= 0.3 is 0 Å². The molecule has 5 nitrogen and oxygen atoms in total. The molecule has 22 heavy (non-hydrogen) atoms. The van der Waals surface area contributed by atoms with E-state index < -0.39 is 5.60 Å². The number of oxazole rings is 1. The molecule has 1 N–H and O–H groups in total. The van der Waals surface area contributed by atoms with Crippen molar-refractivity contribution in [1.82, 2.24) is 14.8 Å². The van der Waals surface area contributed by atoms with Crippen molar-refractivity contribution in [3.05, 3.63) is 17.8 Å². The van der Waals surface area contributed by atoms with Crippen LogP contribution in [0.5, 0.6) is 0 Å². The maximum Gasteiger partial charge on any atom is 0.199 e. The van der Waals surface area contributed by atoms with E-state index in [1.807, 2.05) is 13.8 Å². The number of aromatic nitrogens is 1. The van der Waals surface area contributed by atoms with Gasteiger partial charge in [-0.25, -0.2) is 4.98 Å². The third-order valence-electron chi connectivity index (χ3n) is 4.02.